The first kappa shape index (κ1) is 21.4. The Bertz CT molecular complexity index is 850. The lowest BCUT2D eigenvalue weighted by molar-refractivity contribution is 0.201. The number of hydrogen-bond donors (Lipinski definition) is 2. The number of anilines is 1. The molecule has 1 aliphatic rings. The van der Waals surface area contributed by atoms with Gasteiger partial charge in [0.1, 0.15) is 18.0 Å². The molecule has 1 aromatic heterocycles. The molecule has 0 aliphatic heterocycles. The molecular formula is C23H33N3O3. The second kappa shape index (κ2) is 9.44. The number of aliphatic hydroxyl groups is 1. The number of aryl methyl sites for hydroxylation is 3. The summed E-state index contributed by atoms with van der Waals surface area (Å²) >= 11 is 0. The molecule has 1 fully saturated rings. The van der Waals surface area contributed by atoms with Crippen molar-refractivity contribution >= 4 is 5.69 Å². The van der Waals surface area contributed by atoms with Crippen LogP contribution in [0.15, 0.2) is 12.1 Å². The van der Waals surface area contributed by atoms with Gasteiger partial charge in [-0.05, 0) is 56.7 Å². The average molecular weight is 400 g/mol. The maximum Gasteiger partial charge on any atom is 0.241 e. The van der Waals surface area contributed by atoms with Gasteiger partial charge in [0.05, 0.1) is 25.0 Å². The summed E-state index contributed by atoms with van der Waals surface area (Å²) in [7, 11) is 1.64. The molecule has 3 rings (SSSR count). The number of hydrogen-bond acceptors (Lipinski definition) is 6. The highest BCUT2D eigenvalue weighted by atomic mass is 16.5. The van der Waals surface area contributed by atoms with Gasteiger partial charge in [-0.2, -0.15) is 4.98 Å². The Labute approximate surface area is 173 Å². The van der Waals surface area contributed by atoms with E-state index in [4.69, 9.17) is 19.4 Å². The molecule has 0 saturated heterocycles. The molecule has 29 heavy (non-hydrogen) atoms. The molecule has 0 radical (unpaired) electrons. The van der Waals surface area contributed by atoms with E-state index in [9.17, 15) is 5.11 Å². The van der Waals surface area contributed by atoms with Crippen molar-refractivity contribution in [1.82, 2.24) is 9.97 Å². The van der Waals surface area contributed by atoms with Gasteiger partial charge in [-0.1, -0.05) is 25.8 Å². The Kier molecular flexibility index (Phi) is 6.96. The van der Waals surface area contributed by atoms with Crippen LogP contribution in [0.25, 0.3) is 11.4 Å². The molecule has 6 nitrogen and oxygen atoms in total. The fraction of sp³-hybridized carbons (Fsp3) is 0.565. The Morgan fingerprint density at radius 3 is 2.59 bits per heavy atom. The molecule has 1 unspecified atom stereocenters. The van der Waals surface area contributed by atoms with E-state index < -0.39 is 0 Å². The van der Waals surface area contributed by atoms with E-state index in [0.29, 0.717) is 23.5 Å². The molecule has 2 N–H and O–H groups in total. The maximum absolute atomic E-state index is 9.18. The minimum Gasteiger partial charge on any atom is -0.490 e. The summed E-state index contributed by atoms with van der Waals surface area (Å²) in [6.07, 6.45) is 4.91. The Balaban J connectivity index is 1.98. The Morgan fingerprint density at radius 2 is 1.97 bits per heavy atom. The highest BCUT2D eigenvalue weighted by molar-refractivity contribution is 5.71. The number of rotatable bonds is 10. The van der Waals surface area contributed by atoms with Crippen molar-refractivity contribution in [1.29, 1.82) is 0 Å². The summed E-state index contributed by atoms with van der Waals surface area (Å²) in [5.74, 6) is 2.65. The quantitative estimate of drug-likeness (QED) is 0.615. The predicted octanol–water partition coefficient (Wildman–Crippen LogP) is 4.44. The zero-order valence-corrected chi connectivity index (χ0v) is 18.2. The van der Waals surface area contributed by atoms with Gasteiger partial charge in [0, 0.05) is 6.04 Å². The van der Waals surface area contributed by atoms with Gasteiger partial charge in [0.25, 0.3) is 0 Å². The Hall–Kier alpha value is -2.34. The molecule has 1 heterocycles. The summed E-state index contributed by atoms with van der Waals surface area (Å²) in [6.45, 7) is 8.42. The predicted molar refractivity (Wildman–Crippen MR) is 116 cm³/mol. The van der Waals surface area contributed by atoms with E-state index in [2.05, 4.69) is 18.3 Å². The lowest BCUT2D eigenvalue weighted by atomic mass is 10.0. The third-order valence-corrected chi connectivity index (χ3v) is 5.42. The largest absolute Gasteiger partial charge is 0.490 e. The molecule has 1 atom stereocenters. The smallest absolute Gasteiger partial charge is 0.241 e. The van der Waals surface area contributed by atoms with Crippen LogP contribution >= 0.6 is 0 Å². The summed E-state index contributed by atoms with van der Waals surface area (Å²) < 4.78 is 11.4. The van der Waals surface area contributed by atoms with Gasteiger partial charge in [-0.15, -0.1) is 0 Å². The highest BCUT2D eigenvalue weighted by Gasteiger charge is 2.26. The van der Waals surface area contributed by atoms with Gasteiger partial charge in [0.2, 0.25) is 5.88 Å². The first-order valence-corrected chi connectivity index (χ1v) is 10.5. The standard InChI is InChI=1S/C23H33N3O3/c1-6-18(13-17-7-8-17)25-21-16(4)24-22(26-23(21)28-5)20-15(3)11-14(2)12-19(20)29-10-9-27/h11-12,17-18,25,27H,6-10,13H2,1-5H3. The van der Waals surface area contributed by atoms with E-state index in [1.807, 2.05) is 26.8 Å². The van der Waals surface area contributed by atoms with E-state index in [1.54, 1.807) is 7.11 Å². The SMILES string of the molecule is CCC(CC1CC1)Nc1c(C)nc(-c2c(C)cc(C)cc2OCCO)nc1OC. The molecule has 0 bridgehead atoms. The van der Waals surface area contributed by atoms with E-state index in [1.165, 1.54) is 19.3 Å². The first-order chi connectivity index (χ1) is 14.0. The van der Waals surface area contributed by atoms with Gasteiger partial charge >= 0.3 is 0 Å². The third-order valence-electron chi connectivity index (χ3n) is 5.42. The minimum absolute atomic E-state index is 0.0438. The zero-order valence-electron chi connectivity index (χ0n) is 18.2. The monoisotopic (exact) mass is 399 g/mol. The van der Waals surface area contributed by atoms with Crippen LogP contribution in [0.4, 0.5) is 5.69 Å². The number of methoxy groups -OCH3 is 1. The van der Waals surface area contributed by atoms with Crippen LogP contribution in [0.5, 0.6) is 11.6 Å². The number of aliphatic hydroxyl groups excluding tert-OH is 1. The average Bonchev–Trinajstić information content (AvgIpc) is 3.50. The summed E-state index contributed by atoms with van der Waals surface area (Å²) in [4.78, 5) is 9.52. The van der Waals surface area contributed by atoms with Crippen molar-refractivity contribution in [2.75, 3.05) is 25.6 Å². The van der Waals surface area contributed by atoms with Crippen molar-refractivity contribution in [2.24, 2.45) is 5.92 Å². The molecule has 0 spiro atoms. The summed E-state index contributed by atoms with van der Waals surface area (Å²) in [5.41, 5.74) is 4.68. The molecule has 1 aromatic carbocycles. The molecule has 6 heteroatoms. The van der Waals surface area contributed by atoms with Gasteiger partial charge in [0.15, 0.2) is 5.82 Å². The first-order valence-electron chi connectivity index (χ1n) is 10.5. The molecule has 158 valence electrons. The third kappa shape index (κ3) is 5.18. The van der Waals surface area contributed by atoms with E-state index >= 15 is 0 Å². The second-order valence-electron chi connectivity index (χ2n) is 7.97. The summed E-state index contributed by atoms with van der Waals surface area (Å²) in [6, 6.07) is 4.44. The Morgan fingerprint density at radius 1 is 1.21 bits per heavy atom. The highest BCUT2D eigenvalue weighted by Crippen LogP contribution is 2.38. The lowest BCUT2D eigenvalue weighted by Gasteiger charge is -2.22. The van der Waals surface area contributed by atoms with Crippen molar-refractivity contribution in [3.63, 3.8) is 0 Å². The van der Waals surface area contributed by atoms with Gasteiger partial charge < -0.3 is 19.9 Å². The van der Waals surface area contributed by atoms with Crippen LogP contribution in [0, 0.1) is 26.7 Å². The van der Waals surface area contributed by atoms with Crippen LogP contribution in [0.2, 0.25) is 0 Å². The number of ether oxygens (including phenoxy) is 2. The second-order valence-corrected chi connectivity index (χ2v) is 7.97. The molecule has 1 saturated carbocycles. The number of nitrogens with one attached hydrogen (secondary N) is 1. The summed E-state index contributed by atoms with van der Waals surface area (Å²) in [5, 5.41) is 12.8. The minimum atomic E-state index is -0.0438. The van der Waals surface area contributed by atoms with Crippen LogP contribution in [-0.4, -0.2) is 41.4 Å². The molecule has 1 aliphatic carbocycles. The maximum atomic E-state index is 9.18. The number of benzene rings is 1. The van der Waals surface area contributed by atoms with Crippen molar-refractivity contribution < 1.29 is 14.6 Å². The normalized spacial score (nSPS) is 14.6. The van der Waals surface area contributed by atoms with Crippen LogP contribution in [0.3, 0.4) is 0 Å². The number of nitrogens with zero attached hydrogens (tertiary/aromatic N) is 2. The topological polar surface area (TPSA) is 76.5 Å². The fourth-order valence-corrected chi connectivity index (χ4v) is 3.74. The zero-order chi connectivity index (χ0) is 21.0. The number of aromatic nitrogens is 2. The molecular weight excluding hydrogens is 366 g/mol. The van der Waals surface area contributed by atoms with E-state index in [0.717, 1.165) is 40.4 Å². The van der Waals surface area contributed by atoms with Crippen molar-refractivity contribution in [3.05, 3.63) is 29.0 Å². The fourth-order valence-electron chi connectivity index (χ4n) is 3.74. The molecule has 0 amide bonds. The van der Waals surface area contributed by atoms with Gasteiger partial charge in [-0.3, -0.25) is 0 Å². The van der Waals surface area contributed by atoms with Crippen LogP contribution in [0.1, 0.15) is 49.4 Å². The molecule has 2 aromatic rings. The van der Waals surface area contributed by atoms with Crippen LogP contribution < -0.4 is 14.8 Å². The van der Waals surface area contributed by atoms with Crippen LogP contribution in [-0.2, 0) is 0 Å². The van der Waals surface area contributed by atoms with Crippen molar-refractivity contribution in [2.45, 2.75) is 59.4 Å². The van der Waals surface area contributed by atoms with Gasteiger partial charge in [-0.25, -0.2) is 4.98 Å². The lowest BCUT2D eigenvalue weighted by Crippen LogP contribution is -2.21. The van der Waals surface area contributed by atoms with Crippen molar-refractivity contribution in [3.8, 4) is 23.0 Å². The van der Waals surface area contributed by atoms with E-state index in [-0.39, 0.29) is 13.2 Å².